The Bertz CT molecular complexity index is 133. The minimum absolute atomic E-state index is 1.14. The van der Waals surface area contributed by atoms with Crippen molar-refractivity contribution in [3.8, 4) is 0 Å². The lowest BCUT2D eigenvalue weighted by Gasteiger charge is -2.01. The minimum atomic E-state index is 1.14. The molecule has 2 N–H and O–H groups in total. The molecule has 0 aliphatic carbocycles. The van der Waals surface area contributed by atoms with E-state index in [4.69, 9.17) is 0 Å². The first-order valence-electron chi connectivity index (χ1n) is 7.26. The smallest absolute Gasteiger partial charge is 0.0141 e. The number of rotatable bonds is 10. The molecule has 0 atom stereocenters. The van der Waals surface area contributed by atoms with Crippen LogP contribution in [-0.4, -0.2) is 20.6 Å². The van der Waals surface area contributed by atoms with Crippen LogP contribution in [0.25, 0.3) is 0 Å². The first-order chi connectivity index (χ1) is 8.33. The van der Waals surface area contributed by atoms with Gasteiger partial charge in [-0.15, -0.1) is 0 Å². The van der Waals surface area contributed by atoms with E-state index in [1.807, 2.05) is 33.3 Å². The molecule has 0 aromatic heterocycles. The van der Waals surface area contributed by atoms with E-state index in [0.29, 0.717) is 0 Å². The molecule has 2 nitrogen and oxygen atoms in total. The molecule has 104 valence electrons. The molecule has 0 heterocycles. The van der Waals surface area contributed by atoms with Gasteiger partial charge in [-0.05, 0) is 33.6 Å². The normalized spacial score (nSPS) is 10.1. The van der Waals surface area contributed by atoms with E-state index in [0.717, 1.165) is 6.54 Å². The van der Waals surface area contributed by atoms with Gasteiger partial charge in [-0.2, -0.15) is 0 Å². The Kier molecular flexibility index (Phi) is 23.1. The van der Waals surface area contributed by atoms with Gasteiger partial charge in [0, 0.05) is 6.54 Å². The van der Waals surface area contributed by atoms with Gasteiger partial charge in [-0.1, -0.05) is 57.9 Å². The molecule has 17 heavy (non-hydrogen) atoms. The molecule has 0 rings (SSSR count). The molecule has 0 aliphatic heterocycles. The Morgan fingerprint density at radius 3 is 1.76 bits per heavy atom. The quantitative estimate of drug-likeness (QED) is 0.564. The maximum atomic E-state index is 3.27. The maximum Gasteiger partial charge on any atom is 0.0141 e. The molecule has 0 radical (unpaired) electrons. The summed E-state index contributed by atoms with van der Waals surface area (Å²) < 4.78 is 0. The fourth-order valence-electron chi connectivity index (χ4n) is 1.56. The van der Waals surface area contributed by atoms with Crippen molar-refractivity contribution in [2.75, 3.05) is 20.6 Å². The van der Waals surface area contributed by atoms with E-state index in [-0.39, 0.29) is 0 Å². The Morgan fingerprint density at radius 2 is 1.29 bits per heavy atom. The predicted octanol–water partition coefficient (Wildman–Crippen LogP) is 4.09. The summed E-state index contributed by atoms with van der Waals surface area (Å²) >= 11 is 0. The van der Waals surface area contributed by atoms with Crippen molar-refractivity contribution in [3.05, 3.63) is 12.3 Å². The monoisotopic (exact) mass is 242 g/mol. The third kappa shape index (κ3) is 25.6. The highest BCUT2D eigenvalue weighted by molar-refractivity contribution is 4.73. The van der Waals surface area contributed by atoms with Gasteiger partial charge < -0.3 is 10.6 Å². The molecule has 2 heteroatoms. The standard InChI is InChI=1S/C13H27N.C2H7N/c1-3-5-6-7-8-9-10-11-13-14-12-4-2;1-3-2/h4,12,14H,3,5-11,13H2,1-2H3;3H,1-2H3. The second kappa shape index (κ2) is 20.9. The van der Waals surface area contributed by atoms with Crippen LogP contribution in [-0.2, 0) is 0 Å². The summed E-state index contributed by atoms with van der Waals surface area (Å²) in [6.45, 7) is 5.45. The van der Waals surface area contributed by atoms with Crippen molar-refractivity contribution in [2.45, 2.75) is 65.2 Å². The largest absolute Gasteiger partial charge is 0.391 e. The molecular formula is C15H34N2. The van der Waals surface area contributed by atoms with Crippen LogP contribution in [0.5, 0.6) is 0 Å². The van der Waals surface area contributed by atoms with Gasteiger partial charge in [-0.3, -0.25) is 0 Å². The van der Waals surface area contributed by atoms with Crippen LogP contribution in [0.4, 0.5) is 0 Å². The van der Waals surface area contributed by atoms with Crippen LogP contribution < -0.4 is 10.6 Å². The van der Waals surface area contributed by atoms with E-state index in [1.165, 1.54) is 51.4 Å². The molecule has 0 saturated carbocycles. The molecule has 0 amide bonds. The lowest BCUT2D eigenvalue weighted by molar-refractivity contribution is 0.570. The fraction of sp³-hybridized carbons (Fsp3) is 0.867. The highest BCUT2D eigenvalue weighted by atomic mass is 14.8. The Hall–Kier alpha value is -0.500. The van der Waals surface area contributed by atoms with Crippen LogP contribution in [0, 0.1) is 0 Å². The van der Waals surface area contributed by atoms with Gasteiger partial charge in [0.15, 0.2) is 0 Å². The van der Waals surface area contributed by atoms with Crippen LogP contribution in [0.2, 0.25) is 0 Å². The van der Waals surface area contributed by atoms with Gasteiger partial charge >= 0.3 is 0 Å². The Labute approximate surface area is 109 Å². The van der Waals surface area contributed by atoms with Crippen molar-refractivity contribution in [2.24, 2.45) is 0 Å². The summed E-state index contributed by atoms with van der Waals surface area (Å²) in [5.74, 6) is 0. The Balaban J connectivity index is 0. The second-order valence-corrected chi connectivity index (χ2v) is 4.43. The SMILES string of the molecule is CC=CNCCCCCCCCCC.CNC. The molecule has 0 spiro atoms. The van der Waals surface area contributed by atoms with Crippen molar-refractivity contribution in [1.29, 1.82) is 0 Å². The molecule has 0 aliphatic rings. The average Bonchev–Trinajstić information content (AvgIpc) is 2.33. The molecule has 0 unspecified atom stereocenters. The molecule has 0 fully saturated rings. The zero-order chi connectivity index (χ0) is 13.2. The Morgan fingerprint density at radius 1 is 0.824 bits per heavy atom. The summed E-state index contributed by atoms with van der Waals surface area (Å²) in [5, 5.41) is 6.02. The predicted molar refractivity (Wildman–Crippen MR) is 80.4 cm³/mol. The lowest BCUT2D eigenvalue weighted by atomic mass is 10.1. The number of unbranched alkanes of at least 4 members (excludes halogenated alkanes) is 7. The van der Waals surface area contributed by atoms with Gasteiger partial charge in [0.05, 0.1) is 0 Å². The first kappa shape index (κ1) is 18.9. The van der Waals surface area contributed by atoms with E-state index in [1.54, 1.807) is 0 Å². The molecule has 0 aromatic rings. The number of allylic oxidation sites excluding steroid dienone is 1. The fourth-order valence-corrected chi connectivity index (χ4v) is 1.56. The van der Waals surface area contributed by atoms with E-state index < -0.39 is 0 Å². The topological polar surface area (TPSA) is 24.1 Å². The van der Waals surface area contributed by atoms with Crippen molar-refractivity contribution < 1.29 is 0 Å². The number of nitrogens with one attached hydrogen (secondary N) is 2. The summed E-state index contributed by atoms with van der Waals surface area (Å²) in [6.07, 6.45) is 15.3. The number of hydrogen-bond donors (Lipinski definition) is 2. The van der Waals surface area contributed by atoms with Gasteiger partial charge in [-0.25, -0.2) is 0 Å². The summed E-state index contributed by atoms with van der Waals surface area (Å²) in [5.41, 5.74) is 0. The third-order valence-electron chi connectivity index (χ3n) is 2.46. The molecule has 0 saturated heterocycles. The summed E-state index contributed by atoms with van der Waals surface area (Å²) in [6, 6.07) is 0. The number of hydrogen-bond acceptors (Lipinski definition) is 2. The van der Waals surface area contributed by atoms with E-state index >= 15 is 0 Å². The van der Waals surface area contributed by atoms with Crippen molar-refractivity contribution in [3.63, 3.8) is 0 Å². The van der Waals surface area contributed by atoms with E-state index in [9.17, 15) is 0 Å². The van der Waals surface area contributed by atoms with Gasteiger partial charge in [0.1, 0.15) is 0 Å². The highest BCUT2D eigenvalue weighted by Crippen LogP contribution is 2.07. The first-order valence-corrected chi connectivity index (χ1v) is 7.26. The minimum Gasteiger partial charge on any atom is -0.391 e. The molecular weight excluding hydrogens is 208 g/mol. The lowest BCUT2D eigenvalue weighted by Crippen LogP contribution is -2.05. The molecule has 0 bridgehead atoms. The second-order valence-electron chi connectivity index (χ2n) is 4.43. The average molecular weight is 242 g/mol. The highest BCUT2D eigenvalue weighted by Gasteiger charge is 1.90. The third-order valence-corrected chi connectivity index (χ3v) is 2.46. The zero-order valence-corrected chi connectivity index (χ0v) is 12.5. The van der Waals surface area contributed by atoms with Crippen molar-refractivity contribution >= 4 is 0 Å². The van der Waals surface area contributed by atoms with Crippen LogP contribution in [0.3, 0.4) is 0 Å². The van der Waals surface area contributed by atoms with Crippen LogP contribution in [0.1, 0.15) is 65.2 Å². The maximum absolute atomic E-state index is 3.27. The summed E-state index contributed by atoms with van der Waals surface area (Å²) in [4.78, 5) is 0. The zero-order valence-electron chi connectivity index (χ0n) is 12.5. The van der Waals surface area contributed by atoms with E-state index in [2.05, 4.69) is 17.6 Å². The van der Waals surface area contributed by atoms with Gasteiger partial charge in [0.25, 0.3) is 0 Å². The van der Waals surface area contributed by atoms with Crippen LogP contribution >= 0.6 is 0 Å². The molecule has 0 aromatic carbocycles. The van der Waals surface area contributed by atoms with Crippen molar-refractivity contribution in [1.82, 2.24) is 10.6 Å². The van der Waals surface area contributed by atoms with Gasteiger partial charge in [0.2, 0.25) is 0 Å². The van der Waals surface area contributed by atoms with Crippen LogP contribution in [0.15, 0.2) is 12.3 Å². The summed E-state index contributed by atoms with van der Waals surface area (Å²) in [7, 11) is 3.75.